The van der Waals surface area contributed by atoms with Gasteiger partial charge in [0, 0.05) is 11.3 Å². The van der Waals surface area contributed by atoms with E-state index < -0.39 is 11.2 Å². The van der Waals surface area contributed by atoms with Crippen molar-refractivity contribution in [2.45, 2.75) is 17.2 Å². The van der Waals surface area contributed by atoms with Gasteiger partial charge in [-0.15, -0.1) is 0 Å². The van der Waals surface area contributed by atoms with E-state index in [1.165, 1.54) is 30.2 Å². The molecule has 0 saturated carbocycles. The van der Waals surface area contributed by atoms with Crippen LogP contribution < -0.4 is 5.32 Å². The Morgan fingerprint density at radius 1 is 1.04 bits per heavy atom. The van der Waals surface area contributed by atoms with E-state index in [-0.39, 0.29) is 11.5 Å². The summed E-state index contributed by atoms with van der Waals surface area (Å²) in [7, 11) is 0. The van der Waals surface area contributed by atoms with Crippen LogP contribution in [0.5, 0.6) is 0 Å². The van der Waals surface area contributed by atoms with Gasteiger partial charge in [-0.3, -0.25) is 4.79 Å². The number of carboxylic acid groups (broad SMARTS) is 1. The van der Waals surface area contributed by atoms with Crippen molar-refractivity contribution in [3.63, 3.8) is 0 Å². The van der Waals surface area contributed by atoms with Crippen LogP contribution >= 0.6 is 11.8 Å². The molecule has 0 spiro atoms. The molecule has 1 amide bonds. The van der Waals surface area contributed by atoms with Crippen molar-refractivity contribution in [2.24, 2.45) is 0 Å². The fourth-order valence-electron chi connectivity index (χ4n) is 2.38. The molecule has 3 aromatic rings. The Morgan fingerprint density at radius 2 is 1.81 bits per heavy atom. The fraction of sp³-hybridized carbons (Fsp3) is 0.100. The third-order valence-corrected chi connectivity index (χ3v) is 4.79. The number of carboxylic acids is 1. The predicted octanol–water partition coefficient (Wildman–Crippen LogP) is 3.96. The number of carbonyl (C=O) groups is 2. The van der Waals surface area contributed by atoms with Crippen LogP contribution in [-0.2, 0) is 4.79 Å². The highest BCUT2D eigenvalue weighted by atomic mass is 32.2. The Balaban J connectivity index is 1.68. The van der Waals surface area contributed by atoms with E-state index >= 15 is 0 Å². The number of thioether (sulfide) groups is 1. The number of rotatable bonds is 6. The normalized spacial score (nSPS) is 11.6. The Labute approximate surface area is 160 Å². The average Bonchev–Trinajstić information content (AvgIpc) is 2.69. The molecule has 0 fully saturated rings. The summed E-state index contributed by atoms with van der Waals surface area (Å²) in [6, 6.07) is 17.7. The number of hydrogen-bond acceptors (Lipinski definition) is 5. The van der Waals surface area contributed by atoms with Gasteiger partial charge in [0.1, 0.15) is 11.4 Å². The first-order chi connectivity index (χ1) is 13.0. The Morgan fingerprint density at radius 3 is 2.56 bits per heavy atom. The van der Waals surface area contributed by atoms with Crippen molar-refractivity contribution < 1.29 is 14.7 Å². The number of anilines is 1. The number of benzene rings is 2. The van der Waals surface area contributed by atoms with Crippen LogP contribution in [0, 0.1) is 0 Å². The standard InChI is InChI=1S/C20H17N3O3S/c1-13(19(24)23-16-9-5-8-15(10-16)20(25)26)27-18-11-17(21-12-22-18)14-6-3-2-4-7-14/h2-13H,1H3,(H,23,24)(H,25,26)/t13-/m0/s1. The van der Waals surface area contributed by atoms with Gasteiger partial charge in [0.15, 0.2) is 0 Å². The molecule has 6 nitrogen and oxygen atoms in total. The third kappa shape index (κ3) is 4.92. The van der Waals surface area contributed by atoms with Crippen LogP contribution in [0.3, 0.4) is 0 Å². The van der Waals surface area contributed by atoms with Crippen LogP contribution in [0.15, 0.2) is 72.0 Å². The van der Waals surface area contributed by atoms with Gasteiger partial charge >= 0.3 is 5.97 Å². The molecule has 136 valence electrons. The summed E-state index contributed by atoms with van der Waals surface area (Å²) in [6.45, 7) is 1.77. The second kappa shape index (κ2) is 8.46. The van der Waals surface area contributed by atoms with Gasteiger partial charge in [0.2, 0.25) is 5.91 Å². The number of aromatic carboxylic acids is 1. The van der Waals surface area contributed by atoms with Crippen LogP contribution in [0.1, 0.15) is 17.3 Å². The first-order valence-electron chi connectivity index (χ1n) is 8.21. The topological polar surface area (TPSA) is 92.2 Å². The van der Waals surface area contributed by atoms with E-state index in [1.807, 2.05) is 36.4 Å². The lowest BCUT2D eigenvalue weighted by atomic mass is 10.1. The number of hydrogen-bond donors (Lipinski definition) is 2. The van der Waals surface area contributed by atoms with E-state index in [0.717, 1.165) is 11.3 Å². The van der Waals surface area contributed by atoms with Crippen LogP contribution in [0.25, 0.3) is 11.3 Å². The average molecular weight is 379 g/mol. The smallest absolute Gasteiger partial charge is 0.335 e. The van der Waals surface area contributed by atoms with Gasteiger partial charge in [0.25, 0.3) is 0 Å². The van der Waals surface area contributed by atoms with Crippen molar-refractivity contribution in [3.05, 3.63) is 72.6 Å². The second-order valence-corrected chi connectivity index (χ2v) is 7.10. The van der Waals surface area contributed by atoms with Gasteiger partial charge in [0.05, 0.1) is 16.5 Å². The lowest BCUT2D eigenvalue weighted by molar-refractivity contribution is -0.115. The predicted molar refractivity (Wildman–Crippen MR) is 105 cm³/mol. The van der Waals surface area contributed by atoms with Crippen molar-refractivity contribution >= 4 is 29.3 Å². The Kier molecular flexibility index (Phi) is 5.83. The summed E-state index contributed by atoms with van der Waals surface area (Å²) >= 11 is 1.31. The number of carbonyl (C=O) groups excluding carboxylic acids is 1. The first-order valence-corrected chi connectivity index (χ1v) is 9.09. The van der Waals surface area contributed by atoms with Gasteiger partial charge in [-0.1, -0.05) is 48.2 Å². The zero-order valence-corrected chi connectivity index (χ0v) is 15.3. The van der Waals surface area contributed by atoms with E-state index in [1.54, 1.807) is 19.1 Å². The zero-order valence-electron chi connectivity index (χ0n) is 14.5. The minimum absolute atomic E-state index is 0.122. The molecule has 0 aliphatic rings. The largest absolute Gasteiger partial charge is 0.478 e. The molecule has 0 saturated heterocycles. The van der Waals surface area contributed by atoms with E-state index in [4.69, 9.17) is 5.11 Å². The van der Waals surface area contributed by atoms with E-state index in [9.17, 15) is 9.59 Å². The fourth-order valence-corrected chi connectivity index (χ4v) is 3.20. The quantitative estimate of drug-likeness (QED) is 0.497. The molecule has 0 aliphatic heterocycles. The second-order valence-electron chi connectivity index (χ2n) is 5.74. The molecule has 1 heterocycles. The first kappa shape index (κ1) is 18.6. The molecule has 7 heteroatoms. The molecule has 3 rings (SSSR count). The van der Waals surface area contributed by atoms with Gasteiger partial charge in [-0.05, 0) is 31.2 Å². The lowest BCUT2D eigenvalue weighted by Gasteiger charge is -2.12. The minimum Gasteiger partial charge on any atom is -0.478 e. The highest BCUT2D eigenvalue weighted by molar-refractivity contribution is 8.00. The van der Waals surface area contributed by atoms with Gasteiger partial charge in [-0.2, -0.15) is 0 Å². The van der Waals surface area contributed by atoms with Crippen LogP contribution in [0.2, 0.25) is 0 Å². The van der Waals surface area contributed by atoms with Crippen molar-refractivity contribution in [3.8, 4) is 11.3 Å². The van der Waals surface area contributed by atoms with Crippen LogP contribution in [-0.4, -0.2) is 32.2 Å². The number of nitrogens with zero attached hydrogens (tertiary/aromatic N) is 2. The summed E-state index contributed by atoms with van der Waals surface area (Å²) in [5, 5.41) is 12.0. The number of nitrogens with one attached hydrogen (secondary N) is 1. The zero-order chi connectivity index (χ0) is 19.2. The Hall–Kier alpha value is -3.19. The molecule has 1 aromatic heterocycles. The van der Waals surface area contributed by atoms with Crippen LogP contribution in [0.4, 0.5) is 5.69 Å². The molecular weight excluding hydrogens is 362 g/mol. The van der Waals surface area contributed by atoms with Crippen molar-refractivity contribution in [2.75, 3.05) is 5.32 Å². The monoisotopic (exact) mass is 379 g/mol. The highest BCUT2D eigenvalue weighted by Gasteiger charge is 2.16. The minimum atomic E-state index is -1.04. The summed E-state index contributed by atoms with van der Waals surface area (Å²) in [6.07, 6.45) is 1.48. The number of amides is 1. The molecule has 0 radical (unpaired) electrons. The molecular formula is C20H17N3O3S. The highest BCUT2D eigenvalue weighted by Crippen LogP contribution is 2.25. The summed E-state index contributed by atoms with van der Waals surface area (Å²) in [4.78, 5) is 32.0. The molecule has 2 aromatic carbocycles. The molecule has 0 aliphatic carbocycles. The van der Waals surface area contributed by atoms with Gasteiger partial charge < -0.3 is 10.4 Å². The summed E-state index contributed by atoms with van der Waals surface area (Å²) < 4.78 is 0. The molecule has 27 heavy (non-hydrogen) atoms. The molecule has 0 bridgehead atoms. The summed E-state index contributed by atoms with van der Waals surface area (Å²) in [5.74, 6) is -1.27. The maximum atomic E-state index is 12.4. The van der Waals surface area contributed by atoms with Gasteiger partial charge in [-0.25, -0.2) is 14.8 Å². The molecule has 0 unspecified atom stereocenters. The molecule has 1 atom stereocenters. The lowest BCUT2D eigenvalue weighted by Crippen LogP contribution is -2.22. The SMILES string of the molecule is C[C@H](Sc1cc(-c2ccccc2)ncn1)C(=O)Nc1cccc(C(=O)O)c1. The van der Waals surface area contributed by atoms with E-state index in [0.29, 0.717) is 10.7 Å². The maximum absolute atomic E-state index is 12.4. The van der Waals surface area contributed by atoms with E-state index in [2.05, 4.69) is 15.3 Å². The molecule has 2 N–H and O–H groups in total. The maximum Gasteiger partial charge on any atom is 0.335 e. The van der Waals surface area contributed by atoms with Crippen molar-refractivity contribution in [1.29, 1.82) is 0 Å². The Bertz CT molecular complexity index is 963. The number of aromatic nitrogens is 2. The third-order valence-electron chi connectivity index (χ3n) is 3.76. The van der Waals surface area contributed by atoms with Crippen molar-refractivity contribution in [1.82, 2.24) is 9.97 Å². The summed E-state index contributed by atoms with van der Waals surface area (Å²) in [5.41, 5.74) is 2.33.